The molecule has 18 aromatic rings. The van der Waals surface area contributed by atoms with Crippen molar-refractivity contribution in [2.45, 2.75) is 0 Å². The van der Waals surface area contributed by atoms with Gasteiger partial charge in [-0.15, -0.1) is 0 Å². The third-order valence-corrected chi connectivity index (χ3v) is 18.7. The maximum atomic E-state index is 5.17. The van der Waals surface area contributed by atoms with Gasteiger partial charge in [0.2, 0.25) is 0 Å². The van der Waals surface area contributed by atoms with Crippen LogP contribution in [0.15, 0.2) is 308 Å². The number of nitrogens with zero attached hydrogens (tertiary/aromatic N) is 5. The molecule has 91 heavy (non-hydrogen) atoms. The van der Waals surface area contributed by atoms with Crippen LogP contribution in [0.25, 0.3) is 182 Å². The highest BCUT2D eigenvalue weighted by molar-refractivity contribution is 9.10. The topological polar surface area (TPSA) is 72.3 Å². The number of fused-ring (bicyclic) bond motifs is 16. The Balaban J connectivity index is 0.000000112. The van der Waals surface area contributed by atoms with Crippen LogP contribution in [0.1, 0.15) is 0 Å². The molecule has 0 unspecified atom stereocenters. The Morgan fingerprint density at radius 3 is 1.34 bits per heavy atom. The van der Waals surface area contributed by atoms with Crippen molar-refractivity contribution in [3.63, 3.8) is 0 Å². The van der Waals surface area contributed by atoms with Gasteiger partial charge in [0.15, 0.2) is 11.6 Å². The summed E-state index contributed by atoms with van der Waals surface area (Å²) in [5.41, 5.74) is 24.6. The first kappa shape index (κ1) is 52.5. The van der Waals surface area contributed by atoms with Crippen molar-refractivity contribution in [3.05, 3.63) is 308 Å². The minimum Gasteiger partial charge on any atom is -0.354 e. The van der Waals surface area contributed by atoms with E-state index in [1.165, 1.54) is 110 Å². The highest BCUT2D eigenvalue weighted by Crippen LogP contribution is 2.52. The van der Waals surface area contributed by atoms with Crippen molar-refractivity contribution in [1.82, 2.24) is 29.5 Å². The minimum atomic E-state index is 0.720. The van der Waals surface area contributed by atoms with Crippen molar-refractivity contribution in [2.75, 3.05) is 0 Å². The number of nitrogens with one attached hydrogen (secondary N) is 1. The highest BCUT2D eigenvalue weighted by Gasteiger charge is 2.27. The fraction of sp³-hybridized carbons (Fsp3) is 0. The Morgan fingerprint density at radius 2 is 0.725 bits per heavy atom. The predicted octanol–water partition coefficient (Wildman–Crippen LogP) is 22.7. The Labute approximate surface area is 532 Å². The van der Waals surface area contributed by atoms with E-state index in [0.717, 1.165) is 77.3 Å². The van der Waals surface area contributed by atoms with Crippen molar-refractivity contribution in [3.8, 4) is 95.5 Å². The van der Waals surface area contributed by atoms with Gasteiger partial charge < -0.3 is 9.55 Å². The van der Waals surface area contributed by atoms with E-state index in [4.69, 9.17) is 19.9 Å². The molecule has 424 valence electrons. The molecular weight excluding hydrogens is 1170 g/mol. The van der Waals surface area contributed by atoms with Gasteiger partial charge in [-0.1, -0.05) is 259 Å². The summed E-state index contributed by atoms with van der Waals surface area (Å²) in [6, 6.07) is 107. The number of aromatic nitrogens is 6. The molecule has 0 radical (unpaired) electrons. The normalized spacial score (nSPS) is 11.8. The van der Waals surface area contributed by atoms with E-state index in [-0.39, 0.29) is 0 Å². The van der Waals surface area contributed by atoms with Gasteiger partial charge in [0.05, 0.1) is 39.0 Å². The molecule has 0 aliphatic heterocycles. The summed E-state index contributed by atoms with van der Waals surface area (Å²) in [4.78, 5) is 23.5. The first-order valence-electron chi connectivity index (χ1n) is 30.7. The Kier molecular flexibility index (Phi) is 12.3. The summed E-state index contributed by atoms with van der Waals surface area (Å²) in [5.74, 6) is 1.46. The van der Waals surface area contributed by atoms with Gasteiger partial charge in [0, 0.05) is 81.0 Å². The summed E-state index contributed by atoms with van der Waals surface area (Å²) in [6.45, 7) is 0. The SMILES string of the molecule is Brc1cccc(-c2nc(-c3ccccc3)c3ccccc3n2)c1.c1ccc(-c2nc(-c3cccc(-n4c5ccccc5c5cc6c7c(cccc7c54)-c4ccccc4-6)c3)nc3ccccc23)cc1.c1ccc2c(c1)-c1cccc3c1c-2cc1c2ccccc2[nH]c31. The lowest BCUT2D eigenvalue weighted by atomic mass is 9.99. The number of rotatable bonds is 5. The van der Waals surface area contributed by atoms with Gasteiger partial charge in [-0.05, 0) is 116 Å². The van der Waals surface area contributed by atoms with E-state index >= 15 is 0 Å². The molecule has 0 amide bonds. The molecule has 7 heteroatoms. The third kappa shape index (κ3) is 8.61. The molecule has 0 saturated heterocycles. The zero-order valence-corrected chi connectivity index (χ0v) is 50.6. The minimum absolute atomic E-state index is 0.720. The molecule has 2 aliphatic rings. The summed E-state index contributed by atoms with van der Waals surface area (Å²) < 4.78 is 3.45. The number of halogens is 1. The number of hydrogen-bond acceptors (Lipinski definition) is 4. The van der Waals surface area contributed by atoms with E-state index in [1.54, 1.807) is 0 Å². The predicted molar refractivity (Wildman–Crippen MR) is 383 cm³/mol. The van der Waals surface area contributed by atoms with Crippen molar-refractivity contribution < 1.29 is 0 Å². The van der Waals surface area contributed by atoms with E-state index in [9.17, 15) is 0 Å². The van der Waals surface area contributed by atoms with Gasteiger partial charge in [-0.25, -0.2) is 19.9 Å². The molecule has 0 atom stereocenters. The Hall–Kier alpha value is -11.6. The molecule has 0 fully saturated rings. The number of para-hydroxylation sites is 4. The third-order valence-electron chi connectivity index (χ3n) is 18.2. The smallest absolute Gasteiger partial charge is 0.160 e. The molecule has 0 saturated carbocycles. The van der Waals surface area contributed by atoms with Gasteiger partial charge in [0.1, 0.15) is 0 Å². The van der Waals surface area contributed by atoms with E-state index in [2.05, 4.69) is 256 Å². The second-order valence-corrected chi connectivity index (χ2v) is 24.3. The van der Waals surface area contributed by atoms with E-state index in [1.807, 2.05) is 72.8 Å². The van der Waals surface area contributed by atoms with Crippen LogP contribution in [0.3, 0.4) is 0 Å². The van der Waals surface area contributed by atoms with Crippen LogP contribution in [0.4, 0.5) is 0 Å². The Morgan fingerprint density at radius 1 is 0.286 bits per heavy atom. The van der Waals surface area contributed by atoms with Crippen LogP contribution in [0.2, 0.25) is 0 Å². The van der Waals surface area contributed by atoms with Crippen LogP contribution in [0, 0.1) is 0 Å². The van der Waals surface area contributed by atoms with Gasteiger partial charge in [0.25, 0.3) is 0 Å². The second kappa shape index (κ2) is 21.3. The number of aromatic amines is 1. The lowest BCUT2D eigenvalue weighted by molar-refractivity contribution is 1.17. The summed E-state index contributed by atoms with van der Waals surface area (Å²) >= 11 is 3.52. The zero-order valence-electron chi connectivity index (χ0n) is 49.0. The van der Waals surface area contributed by atoms with Crippen LogP contribution in [0.5, 0.6) is 0 Å². The summed E-state index contributed by atoms with van der Waals surface area (Å²) in [5, 5.41) is 12.6. The average Bonchev–Trinajstić information content (AvgIpc) is 1.56. The fourth-order valence-corrected chi connectivity index (χ4v) is 14.6. The van der Waals surface area contributed by atoms with Gasteiger partial charge in [-0.2, -0.15) is 0 Å². The number of benzene rings is 14. The average molecular weight is 1220 g/mol. The lowest BCUT2D eigenvalue weighted by Crippen LogP contribution is -1.98. The van der Waals surface area contributed by atoms with E-state index < -0.39 is 0 Å². The molecule has 4 aromatic heterocycles. The van der Waals surface area contributed by atoms with Crippen LogP contribution in [-0.2, 0) is 0 Å². The van der Waals surface area contributed by atoms with E-state index in [0.29, 0.717) is 0 Å². The van der Waals surface area contributed by atoms with Crippen molar-refractivity contribution in [1.29, 1.82) is 0 Å². The number of hydrogen-bond donors (Lipinski definition) is 1. The molecule has 20 rings (SSSR count). The largest absolute Gasteiger partial charge is 0.354 e. The molecule has 14 aromatic carbocycles. The molecule has 6 nitrogen and oxygen atoms in total. The molecular formula is C84H51BrN6. The summed E-state index contributed by atoms with van der Waals surface area (Å²) in [6.07, 6.45) is 0. The van der Waals surface area contributed by atoms with Gasteiger partial charge in [-0.3, -0.25) is 0 Å². The van der Waals surface area contributed by atoms with Crippen molar-refractivity contribution in [2.24, 2.45) is 0 Å². The Bertz CT molecular complexity index is 5990. The standard InChI is InChI=1S/C42H25N3.C22H13N.C20H13BrN2/c1-2-12-26(13-3-1)40-33-19-6-8-22-37(33)43-42(44-40)27-14-10-15-28(24-27)45-38-23-9-7-18-31(38)36-25-35-30-17-5-4-16-29(30)32-20-11-21-34(39(32)35)41(36)45;1-2-7-14-13(6-1)16-9-5-10-17-21(16)18(14)12-19-15-8-3-4-11-20(15)23-22(17)19;21-16-10-6-9-15(13-16)20-22-18-12-5-4-11-17(18)19(23-20)14-7-2-1-3-8-14/h1-25H;1-12,23H;1-13H. The van der Waals surface area contributed by atoms with Gasteiger partial charge >= 0.3 is 0 Å². The highest BCUT2D eigenvalue weighted by atomic mass is 79.9. The first-order valence-corrected chi connectivity index (χ1v) is 31.5. The molecule has 4 heterocycles. The monoisotopic (exact) mass is 1220 g/mol. The first-order chi connectivity index (χ1) is 45.1. The maximum absolute atomic E-state index is 5.17. The summed E-state index contributed by atoms with van der Waals surface area (Å²) in [7, 11) is 0. The maximum Gasteiger partial charge on any atom is 0.160 e. The molecule has 1 N–H and O–H groups in total. The van der Waals surface area contributed by atoms with Crippen LogP contribution >= 0.6 is 15.9 Å². The second-order valence-electron chi connectivity index (χ2n) is 23.4. The molecule has 0 bridgehead atoms. The fourth-order valence-electron chi connectivity index (χ4n) is 14.2. The van der Waals surface area contributed by atoms with Crippen molar-refractivity contribution >= 4 is 103 Å². The van der Waals surface area contributed by atoms with Crippen LogP contribution < -0.4 is 0 Å². The molecule has 0 spiro atoms. The number of H-pyrrole nitrogens is 1. The van der Waals surface area contributed by atoms with Crippen LogP contribution in [-0.4, -0.2) is 29.5 Å². The lowest BCUT2D eigenvalue weighted by Gasteiger charge is -2.13. The quantitative estimate of drug-likeness (QED) is 0.186. The zero-order chi connectivity index (χ0) is 60.1. The molecule has 2 aliphatic carbocycles.